The normalized spacial score (nSPS) is 14.7. The lowest BCUT2D eigenvalue weighted by Crippen LogP contribution is -2.42. The van der Waals surface area contributed by atoms with E-state index in [2.05, 4.69) is 14.8 Å². The summed E-state index contributed by atoms with van der Waals surface area (Å²) in [5, 5.41) is 19.7. The van der Waals surface area contributed by atoms with Gasteiger partial charge >= 0.3 is 0 Å². The van der Waals surface area contributed by atoms with Crippen LogP contribution in [0.25, 0.3) is 0 Å². The molecule has 1 N–H and O–H groups in total. The van der Waals surface area contributed by atoms with Crippen molar-refractivity contribution in [2.24, 2.45) is 9.50 Å². The van der Waals surface area contributed by atoms with Gasteiger partial charge in [0, 0.05) is 23.6 Å². The van der Waals surface area contributed by atoms with E-state index >= 15 is 0 Å². The molecule has 3 rings (SSSR count). The summed E-state index contributed by atoms with van der Waals surface area (Å²) in [6, 6.07) is 12.3. The number of amidine groups is 1. The number of benzene rings is 2. The second kappa shape index (κ2) is 8.87. The Morgan fingerprint density at radius 3 is 2.53 bits per heavy atom. The Kier molecular flexibility index (Phi) is 6.40. The number of sulfonamides is 1. The van der Waals surface area contributed by atoms with Crippen LogP contribution in [0, 0.1) is 10.1 Å². The number of nitrogens with zero attached hydrogens (tertiary/aromatic N) is 4. The van der Waals surface area contributed by atoms with Crippen LogP contribution in [0.1, 0.15) is 38.3 Å². The highest BCUT2D eigenvalue weighted by molar-refractivity contribution is 7.90. The summed E-state index contributed by atoms with van der Waals surface area (Å²) in [7, 11) is -3.91. The van der Waals surface area contributed by atoms with Crippen molar-refractivity contribution in [2.75, 3.05) is 6.54 Å². The molecule has 0 bridgehead atoms. The van der Waals surface area contributed by atoms with Crippen molar-refractivity contribution >= 4 is 33.7 Å². The topological polar surface area (TPSA) is 134 Å². The molecular weight excluding hydrogens is 434 g/mol. The molecule has 10 nitrogen and oxygen atoms in total. The Balaban J connectivity index is 1.96. The average Bonchev–Trinajstić information content (AvgIpc) is 2.98. The number of carbonyl (C=O) groups is 1. The minimum atomic E-state index is -3.91. The number of rotatable bonds is 6. The van der Waals surface area contributed by atoms with Gasteiger partial charge in [-0.25, -0.2) is 5.01 Å². The SMILES string of the molecule is CC(C)(C)NC(=O)CCN(/N=C\c1ccccc1[N+](=O)[O-])C1=NS(=O)(=O)c2ccccc21. The Hall–Kier alpha value is -3.60. The highest BCUT2D eigenvalue weighted by Gasteiger charge is 2.32. The van der Waals surface area contributed by atoms with Gasteiger partial charge in [-0.05, 0) is 39.0 Å². The van der Waals surface area contributed by atoms with Crippen LogP contribution in [0.15, 0.2) is 62.9 Å². The number of nitro benzene ring substituents is 1. The van der Waals surface area contributed by atoms with Crippen molar-refractivity contribution < 1.29 is 18.1 Å². The average molecular weight is 458 g/mol. The highest BCUT2D eigenvalue weighted by atomic mass is 32.2. The molecule has 0 atom stereocenters. The minimum Gasteiger partial charge on any atom is -0.351 e. The fraction of sp³-hybridized carbons (Fsp3) is 0.286. The van der Waals surface area contributed by atoms with Gasteiger partial charge in [0.15, 0.2) is 5.84 Å². The first-order valence-electron chi connectivity index (χ1n) is 9.78. The van der Waals surface area contributed by atoms with E-state index in [-0.39, 0.29) is 40.9 Å². The maximum absolute atomic E-state index is 12.5. The van der Waals surface area contributed by atoms with Crippen molar-refractivity contribution in [1.29, 1.82) is 0 Å². The predicted molar refractivity (Wildman–Crippen MR) is 120 cm³/mol. The van der Waals surface area contributed by atoms with Crippen molar-refractivity contribution in [3.05, 3.63) is 69.8 Å². The number of nitrogens with one attached hydrogen (secondary N) is 1. The van der Waals surface area contributed by atoms with Crippen LogP contribution in [0.2, 0.25) is 0 Å². The van der Waals surface area contributed by atoms with E-state index in [9.17, 15) is 23.3 Å². The summed E-state index contributed by atoms with van der Waals surface area (Å²) in [5.41, 5.74) is -0.000658. The number of carbonyl (C=O) groups excluding carboxylic acids is 1. The molecule has 1 aliphatic rings. The van der Waals surface area contributed by atoms with Crippen LogP contribution in [-0.4, -0.2) is 48.4 Å². The first kappa shape index (κ1) is 23.1. The quantitative estimate of drug-likeness (QED) is 0.403. The zero-order valence-corrected chi connectivity index (χ0v) is 18.7. The molecule has 2 aromatic carbocycles. The van der Waals surface area contributed by atoms with E-state index in [0.717, 1.165) is 0 Å². The van der Waals surface area contributed by atoms with E-state index in [1.807, 2.05) is 20.8 Å². The molecule has 0 saturated heterocycles. The molecule has 32 heavy (non-hydrogen) atoms. The molecule has 0 unspecified atom stereocenters. The molecule has 1 amide bonds. The van der Waals surface area contributed by atoms with Crippen molar-refractivity contribution in [3.8, 4) is 0 Å². The summed E-state index contributed by atoms with van der Waals surface area (Å²) in [6.07, 6.45) is 1.27. The molecule has 0 fully saturated rings. The standard InChI is InChI=1S/C21H23N5O5S/c1-21(2,3)23-19(27)12-13-25(22-14-15-8-4-6-10-17(15)26(28)29)20-16-9-5-7-11-18(16)32(30,31)24-20/h4-11,14H,12-13H2,1-3H3,(H,23,27)/b22-14-. The van der Waals surface area contributed by atoms with Gasteiger partial charge in [0.2, 0.25) is 5.91 Å². The van der Waals surface area contributed by atoms with Crippen molar-refractivity contribution in [2.45, 2.75) is 37.6 Å². The van der Waals surface area contributed by atoms with Crippen LogP contribution in [0.5, 0.6) is 0 Å². The summed E-state index contributed by atoms with van der Waals surface area (Å²) in [5.74, 6) is -0.197. The van der Waals surface area contributed by atoms with Crippen LogP contribution < -0.4 is 5.32 Å². The largest absolute Gasteiger partial charge is 0.351 e. The van der Waals surface area contributed by atoms with Gasteiger partial charge in [-0.3, -0.25) is 14.9 Å². The molecule has 0 radical (unpaired) electrons. The van der Waals surface area contributed by atoms with Gasteiger partial charge in [-0.15, -0.1) is 4.40 Å². The van der Waals surface area contributed by atoms with Crippen LogP contribution in [0.3, 0.4) is 0 Å². The van der Waals surface area contributed by atoms with Gasteiger partial charge in [0.1, 0.15) is 4.90 Å². The van der Waals surface area contributed by atoms with Gasteiger partial charge in [-0.1, -0.05) is 24.3 Å². The lowest BCUT2D eigenvalue weighted by molar-refractivity contribution is -0.385. The summed E-state index contributed by atoms with van der Waals surface area (Å²) >= 11 is 0. The summed E-state index contributed by atoms with van der Waals surface area (Å²) in [4.78, 5) is 23.1. The number of hydrazone groups is 1. The molecule has 1 heterocycles. The first-order valence-corrected chi connectivity index (χ1v) is 11.2. The Morgan fingerprint density at radius 2 is 1.84 bits per heavy atom. The number of para-hydroxylation sites is 1. The maximum atomic E-state index is 12.5. The Bertz CT molecular complexity index is 1220. The zero-order valence-electron chi connectivity index (χ0n) is 17.8. The van der Waals surface area contributed by atoms with Crippen LogP contribution >= 0.6 is 0 Å². The molecule has 0 saturated carbocycles. The fourth-order valence-corrected chi connectivity index (χ4v) is 4.28. The maximum Gasteiger partial charge on any atom is 0.285 e. The van der Waals surface area contributed by atoms with Crippen molar-refractivity contribution in [1.82, 2.24) is 10.3 Å². The smallest absolute Gasteiger partial charge is 0.285 e. The van der Waals surface area contributed by atoms with Gasteiger partial charge < -0.3 is 5.32 Å². The molecule has 0 aliphatic carbocycles. The summed E-state index contributed by atoms with van der Waals surface area (Å²) in [6.45, 7) is 5.55. The number of amides is 1. The Labute approximate surface area is 185 Å². The predicted octanol–water partition coefficient (Wildman–Crippen LogP) is 2.68. The Morgan fingerprint density at radius 1 is 1.19 bits per heavy atom. The number of hydrogen-bond donors (Lipinski definition) is 1. The third-order valence-electron chi connectivity index (χ3n) is 4.39. The van der Waals surface area contributed by atoms with E-state index in [1.54, 1.807) is 24.3 Å². The molecule has 2 aromatic rings. The second-order valence-electron chi connectivity index (χ2n) is 8.12. The highest BCUT2D eigenvalue weighted by Crippen LogP contribution is 2.28. The molecule has 0 aromatic heterocycles. The van der Waals surface area contributed by atoms with Crippen LogP contribution in [-0.2, 0) is 14.8 Å². The zero-order chi connectivity index (χ0) is 23.5. The van der Waals surface area contributed by atoms with Crippen molar-refractivity contribution in [3.63, 3.8) is 0 Å². The van der Waals surface area contributed by atoms with Gasteiger partial charge in [0.25, 0.3) is 15.7 Å². The molecule has 168 valence electrons. The van der Waals surface area contributed by atoms with Gasteiger partial charge in [0.05, 0.1) is 23.2 Å². The second-order valence-corrected chi connectivity index (χ2v) is 9.69. The van der Waals surface area contributed by atoms with E-state index < -0.39 is 20.5 Å². The van der Waals surface area contributed by atoms with Crippen LogP contribution in [0.4, 0.5) is 5.69 Å². The number of fused-ring (bicyclic) bond motifs is 1. The molecule has 0 spiro atoms. The van der Waals surface area contributed by atoms with E-state index in [0.29, 0.717) is 5.56 Å². The third-order valence-corrected chi connectivity index (χ3v) is 5.72. The minimum absolute atomic E-state index is 0.00667. The van der Waals surface area contributed by atoms with E-state index in [4.69, 9.17) is 0 Å². The number of hydrogen-bond acceptors (Lipinski definition) is 7. The lowest BCUT2D eigenvalue weighted by atomic mass is 10.1. The lowest BCUT2D eigenvalue weighted by Gasteiger charge is -2.22. The molecule has 1 aliphatic heterocycles. The monoisotopic (exact) mass is 457 g/mol. The molecule has 11 heteroatoms. The first-order chi connectivity index (χ1) is 15.0. The third kappa shape index (κ3) is 5.35. The number of nitro groups is 1. The summed E-state index contributed by atoms with van der Waals surface area (Å²) < 4.78 is 28.8. The van der Waals surface area contributed by atoms with E-state index in [1.165, 1.54) is 35.5 Å². The molecular formula is C21H23N5O5S. The van der Waals surface area contributed by atoms with Gasteiger partial charge in [-0.2, -0.15) is 13.5 Å². The fourth-order valence-electron chi connectivity index (χ4n) is 3.08.